The molecule has 0 aliphatic carbocycles. The number of sulfonamides is 1. The Hall–Kier alpha value is -2.97. The zero-order chi connectivity index (χ0) is 30.5. The van der Waals surface area contributed by atoms with Gasteiger partial charge in [0.05, 0.1) is 17.2 Å². The second kappa shape index (κ2) is 13.3. The van der Waals surface area contributed by atoms with E-state index >= 15 is 0 Å². The number of ether oxygens (including phenoxy) is 2. The van der Waals surface area contributed by atoms with Gasteiger partial charge in [-0.2, -0.15) is 17.5 Å². The molecule has 0 radical (unpaired) electrons. The molecule has 14 heteroatoms. The van der Waals surface area contributed by atoms with Gasteiger partial charge in [0.1, 0.15) is 11.3 Å². The quantitative estimate of drug-likeness (QED) is 0.387. The van der Waals surface area contributed by atoms with Crippen LogP contribution in [0.3, 0.4) is 0 Å². The Kier molecular flexibility index (Phi) is 10.6. The van der Waals surface area contributed by atoms with Crippen molar-refractivity contribution in [3.63, 3.8) is 0 Å². The van der Waals surface area contributed by atoms with Crippen molar-refractivity contribution in [2.24, 2.45) is 16.2 Å². The van der Waals surface area contributed by atoms with E-state index in [2.05, 4.69) is 4.36 Å². The van der Waals surface area contributed by atoms with Crippen LogP contribution in [-0.4, -0.2) is 64.2 Å². The highest BCUT2D eigenvalue weighted by atomic mass is 32.2. The molecule has 1 aliphatic heterocycles. The fourth-order valence-corrected chi connectivity index (χ4v) is 6.98. The Morgan fingerprint density at radius 3 is 2.39 bits per heavy atom. The molecule has 1 amide bonds. The van der Waals surface area contributed by atoms with E-state index < -0.39 is 38.8 Å². The van der Waals surface area contributed by atoms with Crippen LogP contribution in [0.25, 0.3) is 0 Å². The molecule has 0 aromatic heterocycles. The first kappa shape index (κ1) is 32.5. The van der Waals surface area contributed by atoms with Gasteiger partial charge in [-0.05, 0) is 79.8 Å². The summed E-state index contributed by atoms with van der Waals surface area (Å²) in [4.78, 5) is 23.4. The molecule has 0 bridgehead atoms. The maximum Gasteiger partial charge on any atom is 0.474 e. The largest absolute Gasteiger partial charge is 0.492 e. The maximum atomic E-state index is 13.9. The zero-order valence-corrected chi connectivity index (χ0v) is 24.7. The Bertz CT molecular complexity index is 1420. The summed E-state index contributed by atoms with van der Waals surface area (Å²) in [7, 11) is -5.70. The van der Waals surface area contributed by atoms with Gasteiger partial charge in [-0.15, -0.1) is 0 Å². The van der Waals surface area contributed by atoms with Crippen molar-refractivity contribution in [2.75, 3.05) is 36.9 Å². The van der Waals surface area contributed by atoms with Crippen LogP contribution >= 0.6 is 0 Å². The van der Waals surface area contributed by atoms with Crippen molar-refractivity contribution in [1.82, 2.24) is 0 Å². The summed E-state index contributed by atoms with van der Waals surface area (Å²) in [5.74, 6) is -3.41. The second-order valence-electron chi connectivity index (χ2n) is 10.1. The monoisotopic (exact) mass is 618 g/mol. The lowest BCUT2D eigenvalue weighted by Gasteiger charge is -2.28. The molecule has 3 rings (SSSR count). The van der Waals surface area contributed by atoms with Crippen LogP contribution in [0.2, 0.25) is 0 Å². The fourth-order valence-electron chi connectivity index (χ4n) is 4.19. The van der Waals surface area contributed by atoms with E-state index in [0.717, 1.165) is 23.2 Å². The molecular formula is C27H33F3N2O7S2. The van der Waals surface area contributed by atoms with E-state index in [-0.39, 0.29) is 46.9 Å². The van der Waals surface area contributed by atoms with Gasteiger partial charge in [0.15, 0.2) is 0 Å². The number of anilines is 1. The van der Waals surface area contributed by atoms with Crippen LogP contribution in [-0.2, 0) is 30.2 Å². The molecule has 1 saturated heterocycles. The number of alkyl halides is 3. The molecule has 1 atom stereocenters. The highest BCUT2D eigenvalue weighted by Gasteiger charge is 2.39. The number of rotatable bonds is 10. The van der Waals surface area contributed by atoms with Crippen molar-refractivity contribution in [3.05, 3.63) is 47.5 Å². The van der Waals surface area contributed by atoms with Gasteiger partial charge in [0, 0.05) is 24.7 Å². The lowest BCUT2D eigenvalue weighted by molar-refractivity contribution is -0.169. The summed E-state index contributed by atoms with van der Waals surface area (Å²) in [6.07, 6.45) is -2.16. The van der Waals surface area contributed by atoms with Crippen LogP contribution in [0.15, 0.2) is 50.6 Å². The zero-order valence-electron chi connectivity index (χ0n) is 23.1. The topological polar surface area (TPSA) is 123 Å². The Balaban J connectivity index is 1.97. The third-order valence-electron chi connectivity index (χ3n) is 6.36. The number of carbonyl (C=O) groups excluding carboxylic acids is 1. The first-order valence-corrected chi connectivity index (χ1v) is 15.8. The molecule has 9 nitrogen and oxygen atoms in total. The predicted molar refractivity (Wildman–Crippen MR) is 148 cm³/mol. The van der Waals surface area contributed by atoms with Gasteiger partial charge in [0.2, 0.25) is 0 Å². The molecule has 1 N–H and O–H groups in total. The Labute approximate surface area is 239 Å². The Morgan fingerprint density at radius 2 is 1.83 bits per heavy atom. The average molecular weight is 619 g/mol. The van der Waals surface area contributed by atoms with Gasteiger partial charge in [-0.25, -0.2) is 13.2 Å². The number of nitrogens with zero attached hydrogens (tertiary/aromatic N) is 2. The number of amides is 1. The standard InChI is InChI=1S/C27H33F3N2O7S2/c1-17(2)15-32(23-7-5-20(13-18(23)3)40(4)31-26(35)27(28,29)30)41(36,37)21-6-8-24(22(14-21)25(33)34)39-16-19-9-11-38-12-10-19/h5-8,13-14,17,19H,9-12,15-16H2,1-4H3,(H,33,34). The number of aromatic carboxylic acids is 1. The molecule has 1 heterocycles. The van der Waals surface area contributed by atoms with Crippen molar-refractivity contribution in [2.45, 2.75) is 49.6 Å². The number of hydrogen-bond donors (Lipinski definition) is 1. The van der Waals surface area contributed by atoms with E-state index in [1.54, 1.807) is 6.92 Å². The van der Waals surface area contributed by atoms with E-state index in [0.29, 0.717) is 23.7 Å². The highest BCUT2D eigenvalue weighted by Crippen LogP contribution is 2.32. The third-order valence-corrected chi connectivity index (χ3v) is 9.51. The molecule has 0 saturated carbocycles. The lowest BCUT2D eigenvalue weighted by atomic mass is 10.0. The van der Waals surface area contributed by atoms with Crippen molar-refractivity contribution in [1.29, 1.82) is 0 Å². The third kappa shape index (κ3) is 8.29. The summed E-state index contributed by atoms with van der Waals surface area (Å²) in [6.45, 7) is 6.75. The summed E-state index contributed by atoms with van der Waals surface area (Å²) in [5, 5.41) is 9.82. The van der Waals surface area contributed by atoms with Crippen molar-refractivity contribution < 1.29 is 45.8 Å². The lowest BCUT2D eigenvalue weighted by Crippen LogP contribution is -2.35. The minimum absolute atomic E-state index is 0.0434. The number of halogens is 3. The van der Waals surface area contributed by atoms with Crippen LogP contribution in [0, 0.1) is 18.8 Å². The average Bonchev–Trinajstić information content (AvgIpc) is 2.90. The van der Waals surface area contributed by atoms with Gasteiger partial charge in [-0.3, -0.25) is 9.10 Å². The van der Waals surface area contributed by atoms with Gasteiger partial charge in [0.25, 0.3) is 10.0 Å². The van der Waals surface area contributed by atoms with E-state index in [1.807, 2.05) is 13.8 Å². The first-order valence-electron chi connectivity index (χ1n) is 12.8. The van der Waals surface area contributed by atoms with Crippen molar-refractivity contribution in [3.8, 4) is 5.75 Å². The minimum atomic E-state index is -5.08. The maximum absolute atomic E-state index is 13.9. The number of carbonyl (C=O) groups is 2. The number of carboxylic acids is 1. The highest BCUT2D eigenvalue weighted by molar-refractivity contribution is 7.92. The van der Waals surface area contributed by atoms with Crippen LogP contribution < -0.4 is 9.04 Å². The van der Waals surface area contributed by atoms with Crippen LogP contribution in [0.5, 0.6) is 5.75 Å². The van der Waals surface area contributed by atoms with Crippen LogP contribution in [0.4, 0.5) is 18.9 Å². The second-order valence-corrected chi connectivity index (χ2v) is 13.6. The SMILES string of the molecule is Cc1cc(S(C)=NC(=O)C(F)(F)F)ccc1N(CC(C)C)S(=O)(=O)c1ccc(OCC2CCOCC2)c(C(=O)O)c1. The molecular weight excluding hydrogens is 585 g/mol. The number of hydrogen-bond acceptors (Lipinski definition) is 6. The van der Waals surface area contributed by atoms with E-state index in [9.17, 15) is 36.3 Å². The van der Waals surface area contributed by atoms with E-state index in [1.165, 1.54) is 36.6 Å². The minimum Gasteiger partial charge on any atom is -0.492 e. The molecule has 1 fully saturated rings. The smallest absolute Gasteiger partial charge is 0.474 e. The van der Waals surface area contributed by atoms with Gasteiger partial charge < -0.3 is 14.6 Å². The first-order chi connectivity index (χ1) is 19.1. The van der Waals surface area contributed by atoms with Crippen LogP contribution in [0.1, 0.15) is 42.6 Å². The van der Waals surface area contributed by atoms with Gasteiger partial charge >= 0.3 is 18.1 Å². The summed E-state index contributed by atoms with van der Waals surface area (Å²) in [5.41, 5.74) is 0.398. The summed E-state index contributed by atoms with van der Waals surface area (Å²) in [6, 6.07) is 8.07. The van der Waals surface area contributed by atoms with Gasteiger partial charge in [-0.1, -0.05) is 24.5 Å². The normalized spacial score (nSPS) is 15.6. The number of aryl methyl sites for hydroxylation is 1. The molecule has 2 aromatic carbocycles. The summed E-state index contributed by atoms with van der Waals surface area (Å²) >= 11 is 0. The number of carboxylic acid groups (broad SMARTS) is 1. The summed E-state index contributed by atoms with van der Waals surface area (Å²) < 4.78 is 81.2. The fraction of sp³-hybridized carbons (Fsp3) is 0.481. The molecule has 2 aromatic rings. The molecule has 226 valence electrons. The molecule has 1 unspecified atom stereocenters. The molecule has 41 heavy (non-hydrogen) atoms. The molecule has 1 aliphatic rings. The number of benzene rings is 2. The van der Waals surface area contributed by atoms with E-state index in [4.69, 9.17) is 9.47 Å². The van der Waals surface area contributed by atoms with Crippen molar-refractivity contribution >= 4 is 38.3 Å². The predicted octanol–water partition coefficient (Wildman–Crippen LogP) is 5.23. The Morgan fingerprint density at radius 1 is 1.17 bits per heavy atom. The molecule has 0 spiro atoms.